The third-order valence-electron chi connectivity index (χ3n) is 3.11. The molecule has 0 bridgehead atoms. The van der Waals surface area contributed by atoms with Crippen molar-refractivity contribution >= 4 is 51.0 Å². The van der Waals surface area contributed by atoms with E-state index in [1.165, 1.54) is 18.2 Å². The second kappa shape index (κ2) is 9.21. The third-order valence-corrected chi connectivity index (χ3v) is 4.03. The van der Waals surface area contributed by atoms with Gasteiger partial charge in [0, 0.05) is 9.50 Å². The van der Waals surface area contributed by atoms with E-state index in [-0.39, 0.29) is 22.9 Å². The third kappa shape index (κ3) is 5.75. The fraction of sp³-hybridized carbons (Fsp3) is 0.118. The van der Waals surface area contributed by atoms with Crippen molar-refractivity contribution in [3.63, 3.8) is 0 Å². The number of rotatable bonds is 6. The number of benzene rings is 2. The Morgan fingerprint density at radius 1 is 1.12 bits per heavy atom. The quantitative estimate of drug-likeness (QED) is 0.598. The Kier molecular flexibility index (Phi) is 6.99. The highest BCUT2D eigenvalue weighted by molar-refractivity contribution is 9.10. The van der Waals surface area contributed by atoms with Gasteiger partial charge in [-0.15, -0.1) is 0 Å². The largest absolute Gasteiger partial charge is 0.507 e. The summed E-state index contributed by atoms with van der Waals surface area (Å²) in [6.45, 7) is -0.896. The predicted octanol–water partition coefficient (Wildman–Crippen LogP) is 2.72. The van der Waals surface area contributed by atoms with E-state index < -0.39 is 24.4 Å². The number of para-hydroxylation sites is 1. The summed E-state index contributed by atoms with van der Waals surface area (Å²) in [5, 5.41) is 14.8. The van der Waals surface area contributed by atoms with Gasteiger partial charge >= 0.3 is 5.97 Å². The van der Waals surface area contributed by atoms with Crippen molar-refractivity contribution in [2.75, 3.05) is 18.5 Å². The molecule has 9 heteroatoms. The molecule has 2 rings (SSSR count). The summed E-state index contributed by atoms with van der Waals surface area (Å²) in [6.07, 6.45) is 0. The van der Waals surface area contributed by atoms with Gasteiger partial charge in [-0.05, 0) is 46.3 Å². The average Bonchev–Trinajstić information content (AvgIpc) is 2.62. The maximum absolute atomic E-state index is 11.8. The standard InChI is InChI=1S/C17H14BrClN2O5/c18-12-3-1-2-4-13(12)21-15(23)8-20-16(24)9-26-17(25)11-7-10(19)5-6-14(11)22/h1-7,22H,8-9H2,(H,20,24)(H,21,23). The van der Waals surface area contributed by atoms with Crippen molar-refractivity contribution in [1.29, 1.82) is 0 Å². The molecule has 0 aliphatic carbocycles. The molecule has 136 valence electrons. The van der Waals surface area contributed by atoms with Crippen LogP contribution in [0, 0.1) is 0 Å². The first kappa shape index (κ1) is 19.7. The molecule has 0 saturated carbocycles. The number of hydrogen-bond donors (Lipinski definition) is 3. The average molecular weight is 442 g/mol. The zero-order valence-corrected chi connectivity index (χ0v) is 15.6. The molecule has 2 aromatic carbocycles. The lowest BCUT2D eigenvalue weighted by molar-refractivity contribution is -0.126. The SMILES string of the molecule is O=C(COC(=O)c1cc(Cl)ccc1O)NCC(=O)Nc1ccccc1Br. The van der Waals surface area contributed by atoms with E-state index >= 15 is 0 Å². The molecule has 0 spiro atoms. The molecule has 0 unspecified atom stereocenters. The first-order valence-electron chi connectivity index (χ1n) is 7.33. The molecule has 0 saturated heterocycles. The Morgan fingerprint density at radius 2 is 1.85 bits per heavy atom. The fourth-order valence-electron chi connectivity index (χ4n) is 1.87. The minimum absolute atomic E-state index is 0.156. The molecule has 2 aromatic rings. The number of esters is 1. The van der Waals surface area contributed by atoms with Crippen LogP contribution in [0.25, 0.3) is 0 Å². The van der Waals surface area contributed by atoms with Gasteiger partial charge in [0.15, 0.2) is 6.61 Å². The predicted molar refractivity (Wildman–Crippen MR) is 99.2 cm³/mol. The molecule has 0 aliphatic heterocycles. The lowest BCUT2D eigenvalue weighted by Crippen LogP contribution is -2.35. The first-order valence-corrected chi connectivity index (χ1v) is 8.50. The fourth-order valence-corrected chi connectivity index (χ4v) is 2.42. The normalized spacial score (nSPS) is 10.1. The second-order valence-electron chi connectivity index (χ2n) is 5.04. The van der Waals surface area contributed by atoms with E-state index in [0.717, 1.165) is 0 Å². The molecule has 0 heterocycles. The number of carbonyl (C=O) groups excluding carboxylic acids is 3. The van der Waals surface area contributed by atoms with Crippen LogP contribution in [0.4, 0.5) is 5.69 Å². The number of ether oxygens (including phenoxy) is 1. The minimum Gasteiger partial charge on any atom is -0.507 e. The molecular weight excluding hydrogens is 428 g/mol. The zero-order valence-electron chi connectivity index (χ0n) is 13.3. The van der Waals surface area contributed by atoms with E-state index in [1.807, 2.05) is 0 Å². The van der Waals surface area contributed by atoms with Crippen molar-refractivity contribution in [3.05, 3.63) is 57.5 Å². The van der Waals surface area contributed by atoms with Gasteiger partial charge in [0.25, 0.3) is 5.91 Å². The highest BCUT2D eigenvalue weighted by atomic mass is 79.9. The number of phenols is 1. The van der Waals surface area contributed by atoms with Gasteiger partial charge in [-0.3, -0.25) is 9.59 Å². The van der Waals surface area contributed by atoms with Crippen LogP contribution in [-0.4, -0.2) is 36.0 Å². The summed E-state index contributed by atoms with van der Waals surface area (Å²) >= 11 is 9.03. The zero-order chi connectivity index (χ0) is 19.1. The Morgan fingerprint density at radius 3 is 2.58 bits per heavy atom. The number of aromatic hydroxyl groups is 1. The monoisotopic (exact) mass is 440 g/mol. The van der Waals surface area contributed by atoms with Crippen LogP contribution in [0.1, 0.15) is 10.4 Å². The molecule has 0 aliphatic rings. The molecule has 2 amide bonds. The van der Waals surface area contributed by atoms with E-state index in [0.29, 0.717) is 10.2 Å². The van der Waals surface area contributed by atoms with Gasteiger partial charge in [0.05, 0.1) is 12.2 Å². The lowest BCUT2D eigenvalue weighted by atomic mass is 10.2. The van der Waals surface area contributed by atoms with Crippen LogP contribution in [0.5, 0.6) is 5.75 Å². The lowest BCUT2D eigenvalue weighted by Gasteiger charge is -2.09. The number of hydrogen-bond acceptors (Lipinski definition) is 5. The summed E-state index contributed by atoms with van der Waals surface area (Å²) in [4.78, 5) is 35.3. The van der Waals surface area contributed by atoms with Crippen molar-refractivity contribution in [2.24, 2.45) is 0 Å². The number of amides is 2. The second-order valence-corrected chi connectivity index (χ2v) is 6.33. The summed E-state index contributed by atoms with van der Waals surface area (Å²) in [5.41, 5.74) is 0.409. The first-order chi connectivity index (χ1) is 12.4. The van der Waals surface area contributed by atoms with Crippen molar-refractivity contribution in [2.45, 2.75) is 0 Å². The minimum atomic E-state index is -0.905. The molecular formula is C17H14BrClN2O5. The van der Waals surface area contributed by atoms with Crippen LogP contribution in [0.15, 0.2) is 46.9 Å². The van der Waals surface area contributed by atoms with Crippen LogP contribution >= 0.6 is 27.5 Å². The van der Waals surface area contributed by atoms with Crippen molar-refractivity contribution in [3.8, 4) is 5.75 Å². The van der Waals surface area contributed by atoms with Crippen molar-refractivity contribution < 1.29 is 24.2 Å². The highest BCUT2D eigenvalue weighted by Crippen LogP contribution is 2.22. The Balaban J connectivity index is 1.78. The Labute approximate surface area is 162 Å². The Bertz CT molecular complexity index is 844. The summed E-state index contributed by atoms with van der Waals surface area (Å²) < 4.78 is 5.49. The molecule has 3 N–H and O–H groups in total. The van der Waals surface area contributed by atoms with Gasteiger partial charge in [0.2, 0.25) is 5.91 Å². The molecule has 7 nitrogen and oxygen atoms in total. The van der Waals surface area contributed by atoms with Crippen LogP contribution in [0.3, 0.4) is 0 Å². The smallest absolute Gasteiger partial charge is 0.342 e. The van der Waals surface area contributed by atoms with Crippen molar-refractivity contribution in [1.82, 2.24) is 5.32 Å². The van der Waals surface area contributed by atoms with Gasteiger partial charge in [-0.2, -0.15) is 0 Å². The van der Waals surface area contributed by atoms with Gasteiger partial charge in [0.1, 0.15) is 11.3 Å². The number of carbonyl (C=O) groups is 3. The van der Waals surface area contributed by atoms with Gasteiger partial charge in [-0.1, -0.05) is 23.7 Å². The van der Waals surface area contributed by atoms with E-state index in [2.05, 4.69) is 26.6 Å². The summed E-state index contributed by atoms with van der Waals surface area (Å²) in [6, 6.07) is 10.9. The molecule has 26 heavy (non-hydrogen) atoms. The highest BCUT2D eigenvalue weighted by Gasteiger charge is 2.15. The molecule has 0 aromatic heterocycles. The molecule has 0 atom stereocenters. The maximum Gasteiger partial charge on any atom is 0.342 e. The van der Waals surface area contributed by atoms with Gasteiger partial charge < -0.3 is 20.5 Å². The summed E-state index contributed by atoms with van der Waals surface area (Å²) in [5.74, 6) is -2.32. The number of halogens is 2. The number of nitrogens with one attached hydrogen (secondary N) is 2. The van der Waals surface area contributed by atoms with Crippen LogP contribution in [0.2, 0.25) is 5.02 Å². The number of phenolic OH excluding ortho intramolecular Hbond substituents is 1. The summed E-state index contributed by atoms with van der Waals surface area (Å²) in [7, 11) is 0. The molecule has 0 fully saturated rings. The van der Waals surface area contributed by atoms with Gasteiger partial charge in [-0.25, -0.2) is 4.79 Å². The topological polar surface area (TPSA) is 105 Å². The van der Waals surface area contributed by atoms with E-state index in [1.54, 1.807) is 24.3 Å². The van der Waals surface area contributed by atoms with E-state index in [9.17, 15) is 19.5 Å². The van der Waals surface area contributed by atoms with Crippen LogP contribution < -0.4 is 10.6 Å². The van der Waals surface area contributed by atoms with Crippen LogP contribution in [-0.2, 0) is 14.3 Å². The number of anilines is 1. The Hall–Kier alpha value is -2.58. The maximum atomic E-state index is 11.8. The van der Waals surface area contributed by atoms with E-state index in [4.69, 9.17) is 16.3 Å². The molecule has 0 radical (unpaired) electrons.